The predicted molar refractivity (Wildman–Crippen MR) is 179 cm³/mol. The van der Waals surface area contributed by atoms with E-state index in [9.17, 15) is 0 Å². The standard InChI is InChI=1S/C39H26N4O/c1-25-37(26-11-3-2-4-12-26)43-36-19-8-5-15-31(36)30-21-20-29(24-34(30)39(43)41-25)44-28-14-9-13-27(23-28)42-35-18-7-6-16-32(35)33-17-10-22-40-38(33)42/h2-24H,1H3. The first-order valence-corrected chi connectivity index (χ1v) is 14.8. The van der Waals surface area contributed by atoms with E-state index in [0.29, 0.717) is 0 Å². The van der Waals surface area contributed by atoms with E-state index in [1.807, 2.05) is 36.5 Å². The Labute approximate surface area is 253 Å². The van der Waals surface area contributed by atoms with Crippen molar-refractivity contribution >= 4 is 49.3 Å². The largest absolute Gasteiger partial charge is 0.457 e. The molecule has 0 unspecified atom stereocenters. The number of fused-ring (bicyclic) bond motifs is 9. The van der Waals surface area contributed by atoms with Crippen LogP contribution in [0, 0.1) is 6.92 Å². The molecule has 208 valence electrons. The molecule has 0 N–H and O–H groups in total. The number of hydrogen-bond donors (Lipinski definition) is 0. The van der Waals surface area contributed by atoms with Gasteiger partial charge >= 0.3 is 0 Å². The topological polar surface area (TPSA) is 44.3 Å². The lowest BCUT2D eigenvalue weighted by Crippen LogP contribution is -1.96. The third kappa shape index (κ3) is 3.66. The summed E-state index contributed by atoms with van der Waals surface area (Å²) in [5, 5.41) is 5.68. The van der Waals surface area contributed by atoms with Crippen LogP contribution < -0.4 is 4.74 Å². The summed E-state index contributed by atoms with van der Waals surface area (Å²) in [7, 11) is 0. The van der Waals surface area contributed by atoms with Gasteiger partial charge in [-0.1, -0.05) is 72.8 Å². The average molecular weight is 567 g/mol. The lowest BCUT2D eigenvalue weighted by Gasteiger charge is -2.13. The van der Waals surface area contributed by atoms with Crippen LogP contribution >= 0.6 is 0 Å². The first-order valence-electron chi connectivity index (χ1n) is 14.8. The third-order valence-electron chi connectivity index (χ3n) is 8.51. The summed E-state index contributed by atoms with van der Waals surface area (Å²) in [6.07, 6.45) is 1.85. The van der Waals surface area contributed by atoms with Gasteiger partial charge in [0, 0.05) is 39.4 Å². The SMILES string of the molecule is Cc1nc2c3cc(Oc4cccc(-n5c6ccccc6c6cccnc65)c4)ccc3c3ccccc3n2c1-c1ccccc1. The van der Waals surface area contributed by atoms with E-state index >= 15 is 0 Å². The summed E-state index contributed by atoms with van der Waals surface area (Å²) < 4.78 is 11.1. The maximum atomic E-state index is 6.56. The zero-order chi connectivity index (χ0) is 29.2. The Hall–Kier alpha value is -5.94. The van der Waals surface area contributed by atoms with Crippen molar-refractivity contribution < 1.29 is 4.74 Å². The summed E-state index contributed by atoms with van der Waals surface area (Å²) in [5.41, 5.74) is 8.34. The minimum atomic E-state index is 0.755. The Balaban J connectivity index is 1.20. The molecule has 0 saturated heterocycles. The Bertz CT molecular complexity index is 2490. The van der Waals surface area contributed by atoms with E-state index in [-0.39, 0.29) is 0 Å². The molecule has 4 aromatic heterocycles. The van der Waals surface area contributed by atoms with E-state index in [1.54, 1.807) is 0 Å². The Kier molecular flexibility index (Phi) is 5.34. The molecule has 0 amide bonds. The van der Waals surface area contributed by atoms with Gasteiger partial charge < -0.3 is 4.74 Å². The second kappa shape index (κ2) is 9.54. The van der Waals surface area contributed by atoms with Crippen molar-refractivity contribution in [2.45, 2.75) is 6.92 Å². The fourth-order valence-corrected chi connectivity index (χ4v) is 6.66. The number of nitrogens with zero attached hydrogens (tertiary/aromatic N) is 4. The Morgan fingerprint density at radius 2 is 1.27 bits per heavy atom. The van der Waals surface area contributed by atoms with Crippen molar-refractivity contribution in [1.29, 1.82) is 0 Å². The molecular formula is C39H26N4O. The number of rotatable bonds is 4. The molecule has 9 rings (SSSR count). The molecule has 0 atom stereocenters. The fourth-order valence-electron chi connectivity index (χ4n) is 6.66. The molecule has 5 heteroatoms. The van der Waals surface area contributed by atoms with Crippen LogP contribution in [0.15, 0.2) is 140 Å². The van der Waals surface area contributed by atoms with Crippen molar-refractivity contribution in [3.05, 3.63) is 145 Å². The maximum absolute atomic E-state index is 6.56. The van der Waals surface area contributed by atoms with Gasteiger partial charge in [0.15, 0.2) is 0 Å². The molecule has 5 aromatic carbocycles. The quantitative estimate of drug-likeness (QED) is 0.199. The van der Waals surface area contributed by atoms with Gasteiger partial charge in [0.05, 0.1) is 28.1 Å². The van der Waals surface area contributed by atoms with Gasteiger partial charge in [0.2, 0.25) is 0 Å². The molecule has 44 heavy (non-hydrogen) atoms. The van der Waals surface area contributed by atoms with Crippen molar-refractivity contribution in [3.8, 4) is 28.4 Å². The molecule has 0 radical (unpaired) electrons. The number of aromatic nitrogens is 4. The van der Waals surface area contributed by atoms with Crippen LogP contribution in [-0.4, -0.2) is 18.9 Å². The van der Waals surface area contributed by atoms with Crippen LogP contribution in [0.4, 0.5) is 0 Å². The zero-order valence-electron chi connectivity index (χ0n) is 24.0. The molecule has 0 aliphatic heterocycles. The van der Waals surface area contributed by atoms with Gasteiger partial charge in [-0.15, -0.1) is 0 Å². The Morgan fingerprint density at radius 3 is 2.14 bits per heavy atom. The number of pyridine rings is 2. The van der Waals surface area contributed by atoms with Crippen LogP contribution in [-0.2, 0) is 0 Å². The number of aryl methyl sites for hydroxylation is 1. The minimum absolute atomic E-state index is 0.755. The normalized spacial score (nSPS) is 11.8. The average Bonchev–Trinajstić information content (AvgIpc) is 3.60. The van der Waals surface area contributed by atoms with Crippen molar-refractivity contribution in [2.24, 2.45) is 0 Å². The van der Waals surface area contributed by atoms with Gasteiger partial charge in [-0.25, -0.2) is 9.97 Å². The van der Waals surface area contributed by atoms with Gasteiger partial charge in [0.1, 0.15) is 22.8 Å². The summed E-state index contributed by atoms with van der Waals surface area (Å²) in [5.74, 6) is 1.51. The summed E-state index contributed by atoms with van der Waals surface area (Å²) in [4.78, 5) is 9.86. The van der Waals surface area contributed by atoms with Crippen LogP contribution in [0.25, 0.3) is 66.2 Å². The molecule has 4 heterocycles. The highest BCUT2D eigenvalue weighted by Crippen LogP contribution is 2.38. The van der Waals surface area contributed by atoms with Crippen molar-refractivity contribution in [3.63, 3.8) is 0 Å². The van der Waals surface area contributed by atoms with Gasteiger partial charge in [-0.2, -0.15) is 0 Å². The molecule has 0 bridgehead atoms. The highest BCUT2D eigenvalue weighted by atomic mass is 16.5. The molecular weight excluding hydrogens is 540 g/mol. The van der Waals surface area contributed by atoms with Crippen LogP contribution in [0.1, 0.15) is 5.69 Å². The molecule has 0 fully saturated rings. The number of benzene rings is 5. The van der Waals surface area contributed by atoms with Crippen molar-refractivity contribution in [1.82, 2.24) is 18.9 Å². The molecule has 0 aliphatic carbocycles. The van der Waals surface area contributed by atoms with E-state index in [2.05, 4.69) is 119 Å². The molecule has 9 aromatic rings. The Morgan fingerprint density at radius 1 is 0.545 bits per heavy atom. The van der Waals surface area contributed by atoms with E-state index in [0.717, 1.165) is 72.6 Å². The smallest absolute Gasteiger partial charge is 0.146 e. The number of ether oxygens (including phenoxy) is 1. The van der Waals surface area contributed by atoms with Gasteiger partial charge in [-0.05, 0) is 66.9 Å². The summed E-state index contributed by atoms with van der Waals surface area (Å²) in [6, 6.07) is 46.1. The zero-order valence-corrected chi connectivity index (χ0v) is 24.0. The number of hydrogen-bond acceptors (Lipinski definition) is 3. The third-order valence-corrected chi connectivity index (χ3v) is 8.51. The van der Waals surface area contributed by atoms with Gasteiger partial charge in [-0.3, -0.25) is 8.97 Å². The first kappa shape index (κ1) is 24.6. The second-order valence-corrected chi connectivity index (χ2v) is 11.1. The lowest BCUT2D eigenvalue weighted by molar-refractivity contribution is 0.483. The first-order chi connectivity index (χ1) is 21.7. The fraction of sp³-hybridized carbons (Fsp3) is 0.0256. The maximum Gasteiger partial charge on any atom is 0.146 e. The number of imidazole rings is 1. The second-order valence-electron chi connectivity index (χ2n) is 11.1. The highest BCUT2D eigenvalue weighted by Gasteiger charge is 2.18. The van der Waals surface area contributed by atoms with E-state index < -0.39 is 0 Å². The number of para-hydroxylation sites is 2. The van der Waals surface area contributed by atoms with Gasteiger partial charge in [0.25, 0.3) is 0 Å². The predicted octanol–water partition coefficient (Wildman–Crippen LogP) is 9.90. The monoisotopic (exact) mass is 566 g/mol. The molecule has 0 spiro atoms. The van der Waals surface area contributed by atoms with Crippen LogP contribution in [0.3, 0.4) is 0 Å². The molecule has 5 nitrogen and oxygen atoms in total. The highest BCUT2D eigenvalue weighted by molar-refractivity contribution is 6.13. The van der Waals surface area contributed by atoms with E-state index in [4.69, 9.17) is 14.7 Å². The summed E-state index contributed by atoms with van der Waals surface area (Å²) in [6.45, 7) is 2.09. The minimum Gasteiger partial charge on any atom is -0.457 e. The van der Waals surface area contributed by atoms with Crippen molar-refractivity contribution in [2.75, 3.05) is 0 Å². The lowest BCUT2D eigenvalue weighted by atomic mass is 10.0. The summed E-state index contributed by atoms with van der Waals surface area (Å²) >= 11 is 0. The van der Waals surface area contributed by atoms with Crippen LogP contribution in [0.5, 0.6) is 11.5 Å². The molecule has 0 saturated carbocycles. The van der Waals surface area contributed by atoms with E-state index in [1.165, 1.54) is 10.8 Å². The van der Waals surface area contributed by atoms with Crippen LogP contribution in [0.2, 0.25) is 0 Å². The molecule has 0 aliphatic rings.